The predicted molar refractivity (Wildman–Crippen MR) is 117 cm³/mol. The Morgan fingerprint density at radius 2 is 1.94 bits per heavy atom. The molecule has 8 nitrogen and oxygen atoms in total. The minimum Gasteiger partial charge on any atom is -0.488 e. The number of halogens is 1. The Morgan fingerprint density at radius 3 is 2.58 bits per heavy atom. The summed E-state index contributed by atoms with van der Waals surface area (Å²) < 4.78 is 17.3. The molecular formula is C22H29ClN4O4. The Labute approximate surface area is 187 Å². The van der Waals surface area contributed by atoms with E-state index < -0.39 is 0 Å². The Morgan fingerprint density at radius 1 is 1.23 bits per heavy atom. The quantitative estimate of drug-likeness (QED) is 0.592. The van der Waals surface area contributed by atoms with Crippen LogP contribution in [-0.4, -0.2) is 52.3 Å². The molecular weight excluding hydrogens is 420 g/mol. The third-order valence-corrected chi connectivity index (χ3v) is 5.14. The van der Waals surface area contributed by atoms with Crippen molar-refractivity contribution in [1.29, 1.82) is 0 Å². The van der Waals surface area contributed by atoms with Gasteiger partial charge in [-0.3, -0.25) is 4.79 Å². The van der Waals surface area contributed by atoms with E-state index in [4.69, 9.17) is 25.8 Å². The molecule has 168 valence electrons. The van der Waals surface area contributed by atoms with Crippen molar-refractivity contribution < 1.29 is 19.0 Å². The molecule has 0 saturated heterocycles. The lowest BCUT2D eigenvalue weighted by Crippen LogP contribution is -2.40. The average molecular weight is 449 g/mol. The van der Waals surface area contributed by atoms with Gasteiger partial charge in [-0.1, -0.05) is 11.6 Å². The lowest BCUT2D eigenvalue weighted by Gasteiger charge is -2.35. The number of aromatic nitrogens is 3. The van der Waals surface area contributed by atoms with E-state index in [1.54, 1.807) is 24.7 Å². The van der Waals surface area contributed by atoms with Gasteiger partial charge in [0.15, 0.2) is 11.6 Å². The first-order valence-corrected chi connectivity index (χ1v) is 10.8. The molecule has 1 saturated carbocycles. The van der Waals surface area contributed by atoms with Gasteiger partial charge in [0.2, 0.25) is 11.8 Å². The number of nitrogens with one attached hydrogen (secondary N) is 1. The highest BCUT2D eigenvalue weighted by molar-refractivity contribution is 6.34. The molecule has 0 spiro atoms. The lowest BCUT2D eigenvalue weighted by atomic mass is 9.83. The highest BCUT2D eigenvalue weighted by atomic mass is 35.5. The Hall–Kier alpha value is -2.45. The number of carbonyl (C=O) groups is 1. The number of nitrogens with zero attached hydrogens (tertiary/aromatic N) is 3. The maximum atomic E-state index is 11.0. The number of carbonyl (C=O) groups excluding carboxylic acids is 1. The largest absolute Gasteiger partial charge is 0.488 e. The van der Waals surface area contributed by atoms with E-state index in [0.717, 1.165) is 12.8 Å². The molecule has 0 aliphatic heterocycles. The molecule has 1 aliphatic rings. The monoisotopic (exact) mass is 448 g/mol. The number of amides is 1. The van der Waals surface area contributed by atoms with Crippen molar-refractivity contribution in [2.45, 2.75) is 58.8 Å². The van der Waals surface area contributed by atoms with Crippen LogP contribution in [0.5, 0.6) is 11.6 Å². The Bertz CT molecular complexity index is 872. The molecule has 2 heterocycles. The van der Waals surface area contributed by atoms with Crippen LogP contribution < -0.4 is 14.8 Å². The van der Waals surface area contributed by atoms with Gasteiger partial charge in [-0.15, -0.1) is 0 Å². The molecule has 2 aromatic heterocycles. The van der Waals surface area contributed by atoms with E-state index in [1.165, 1.54) is 6.92 Å². The summed E-state index contributed by atoms with van der Waals surface area (Å²) in [6.45, 7) is 8.34. The summed E-state index contributed by atoms with van der Waals surface area (Å²) >= 11 is 6.51. The van der Waals surface area contributed by atoms with Crippen LogP contribution in [0.2, 0.25) is 5.02 Å². The van der Waals surface area contributed by atoms with Gasteiger partial charge in [0.1, 0.15) is 5.02 Å². The number of ether oxygens (including phenoxy) is 3. The van der Waals surface area contributed by atoms with Gasteiger partial charge in [-0.2, -0.15) is 0 Å². The van der Waals surface area contributed by atoms with Crippen molar-refractivity contribution in [2.24, 2.45) is 5.92 Å². The molecule has 0 bridgehead atoms. The van der Waals surface area contributed by atoms with E-state index >= 15 is 0 Å². The molecule has 1 fully saturated rings. The van der Waals surface area contributed by atoms with Crippen LogP contribution in [0.4, 0.5) is 0 Å². The Kier molecular flexibility index (Phi) is 8.03. The summed E-state index contributed by atoms with van der Waals surface area (Å²) in [5, 5.41) is 3.20. The molecule has 1 atom stereocenters. The van der Waals surface area contributed by atoms with E-state index in [1.807, 2.05) is 20.8 Å². The third kappa shape index (κ3) is 6.77. The zero-order chi connectivity index (χ0) is 22.4. The molecule has 1 amide bonds. The number of hydrogen-bond acceptors (Lipinski definition) is 7. The summed E-state index contributed by atoms with van der Waals surface area (Å²) in [5.41, 5.74) is 0.657. The minimum absolute atomic E-state index is 0.00627. The summed E-state index contributed by atoms with van der Waals surface area (Å²) in [6, 6.07) is 1.77. The van der Waals surface area contributed by atoms with Crippen LogP contribution in [0.3, 0.4) is 0 Å². The van der Waals surface area contributed by atoms with E-state index in [2.05, 4.69) is 20.3 Å². The second-order valence-electron chi connectivity index (χ2n) is 8.09. The van der Waals surface area contributed by atoms with Gasteiger partial charge in [0.25, 0.3) is 0 Å². The highest BCUT2D eigenvalue weighted by Gasteiger charge is 2.31. The van der Waals surface area contributed by atoms with Crippen LogP contribution in [0, 0.1) is 5.92 Å². The highest BCUT2D eigenvalue weighted by Crippen LogP contribution is 2.34. The maximum absolute atomic E-state index is 11.0. The normalized spacial score (nSPS) is 18.9. The molecule has 0 unspecified atom stereocenters. The molecule has 3 rings (SSSR count). The fourth-order valence-electron chi connectivity index (χ4n) is 3.30. The second kappa shape index (κ2) is 10.7. The van der Waals surface area contributed by atoms with Gasteiger partial charge in [0, 0.05) is 24.7 Å². The van der Waals surface area contributed by atoms with Crippen molar-refractivity contribution in [3.8, 4) is 23.0 Å². The first-order valence-electron chi connectivity index (χ1n) is 10.5. The van der Waals surface area contributed by atoms with Crippen molar-refractivity contribution in [3.63, 3.8) is 0 Å². The molecule has 0 radical (unpaired) electrons. The van der Waals surface area contributed by atoms with Crippen LogP contribution in [0.1, 0.15) is 40.5 Å². The number of pyridine rings is 1. The average Bonchev–Trinajstić information content (AvgIpc) is 2.67. The van der Waals surface area contributed by atoms with Crippen molar-refractivity contribution >= 4 is 17.5 Å². The van der Waals surface area contributed by atoms with Crippen molar-refractivity contribution in [2.75, 3.05) is 13.2 Å². The third-order valence-electron chi connectivity index (χ3n) is 4.78. The van der Waals surface area contributed by atoms with E-state index in [0.29, 0.717) is 47.2 Å². The summed E-state index contributed by atoms with van der Waals surface area (Å²) in [5.74, 6) is 1.79. The number of rotatable bonds is 10. The zero-order valence-electron chi connectivity index (χ0n) is 18.3. The fraction of sp³-hybridized carbons (Fsp3) is 0.545. The smallest absolute Gasteiger partial charge is 0.233 e. The molecule has 1 N–H and O–H groups in total. The van der Waals surface area contributed by atoms with E-state index in [-0.39, 0.29) is 24.2 Å². The molecule has 31 heavy (non-hydrogen) atoms. The van der Waals surface area contributed by atoms with Crippen LogP contribution in [0.15, 0.2) is 24.7 Å². The first-order chi connectivity index (χ1) is 14.8. The predicted octanol–water partition coefficient (Wildman–Crippen LogP) is 3.68. The first kappa shape index (κ1) is 23.2. The lowest BCUT2D eigenvalue weighted by molar-refractivity contribution is -0.120. The van der Waals surface area contributed by atoms with Gasteiger partial charge < -0.3 is 19.5 Å². The maximum Gasteiger partial charge on any atom is 0.233 e. The SMILES string of the molecule is CC(=O)N[C@@H](C)CO[C@H]1C[C@H](COc2nccc(-c3ncc(OC(C)C)cn3)c2Cl)C1. The summed E-state index contributed by atoms with van der Waals surface area (Å²) in [7, 11) is 0. The fourth-order valence-corrected chi connectivity index (χ4v) is 3.55. The van der Waals surface area contributed by atoms with E-state index in [9.17, 15) is 4.79 Å². The Balaban J connectivity index is 1.49. The number of hydrogen-bond donors (Lipinski definition) is 1. The van der Waals surface area contributed by atoms with Crippen molar-refractivity contribution in [3.05, 3.63) is 29.7 Å². The summed E-state index contributed by atoms with van der Waals surface area (Å²) in [6.07, 6.45) is 6.95. The molecule has 1 aliphatic carbocycles. The zero-order valence-corrected chi connectivity index (χ0v) is 19.1. The minimum atomic E-state index is -0.0483. The van der Waals surface area contributed by atoms with Crippen LogP contribution >= 0.6 is 11.6 Å². The molecule has 2 aromatic rings. The topological polar surface area (TPSA) is 95.5 Å². The van der Waals surface area contributed by atoms with Gasteiger partial charge in [-0.25, -0.2) is 15.0 Å². The molecule has 9 heteroatoms. The summed E-state index contributed by atoms with van der Waals surface area (Å²) in [4.78, 5) is 24.0. The van der Waals surface area contributed by atoms with Crippen LogP contribution in [-0.2, 0) is 9.53 Å². The van der Waals surface area contributed by atoms with Crippen LogP contribution in [0.25, 0.3) is 11.4 Å². The van der Waals surface area contributed by atoms with Gasteiger partial charge in [-0.05, 0) is 45.6 Å². The van der Waals surface area contributed by atoms with Crippen molar-refractivity contribution in [1.82, 2.24) is 20.3 Å². The van der Waals surface area contributed by atoms with Gasteiger partial charge >= 0.3 is 0 Å². The second-order valence-corrected chi connectivity index (χ2v) is 8.47. The standard InChI is InChI=1S/C22H29ClN4O4/c1-13(2)31-18-9-25-21(26-10-18)19-5-6-24-22(20(19)23)30-12-16-7-17(8-16)29-11-14(3)27-15(4)28/h5-6,9-10,13-14,16-17H,7-8,11-12H2,1-4H3,(H,27,28)/t14-,16-,17-/m0/s1. The molecule has 0 aromatic carbocycles. The van der Waals surface area contributed by atoms with Gasteiger partial charge in [0.05, 0.1) is 37.8 Å².